The van der Waals surface area contributed by atoms with E-state index in [-0.39, 0.29) is 29.4 Å². The quantitative estimate of drug-likeness (QED) is 0.860. The largest absolute Gasteiger partial charge is 0.321 e. The molecule has 0 saturated carbocycles. The highest BCUT2D eigenvalue weighted by atomic mass is 35.5. The zero-order chi connectivity index (χ0) is 14.6. The molecule has 0 heterocycles. The molecule has 0 aromatic heterocycles. The van der Waals surface area contributed by atoms with Gasteiger partial charge >= 0.3 is 0 Å². The van der Waals surface area contributed by atoms with Crippen LogP contribution in [-0.4, -0.2) is 32.3 Å². The number of halogens is 2. The number of Topliss-reactive ketones (excluding diaryl/α,β-unsaturated/α-hetero) is 1. The Morgan fingerprint density at radius 1 is 1.47 bits per heavy atom. The molecule has 1 aromatic carbocycles. The Labute approximate surface area is 116 Å². The van der Waals surface area contributed by atoms with E-state index in [1.807, 2.05) is 0 Å². The van der Waals surface area contributed by atoms with Crippen LogP contribution in [0.25, 0.3) is 0 Å². The van der Waals surface area contributed by atoms with Gasteiger partial charge in [0.2, 0.25) is 0 Å². The Kier molecular flexibility index (Phi) is 5.46. The predicted octanol–water partition coefficient (Wildman–Crippen LogP) is 1.35. The predicted molar refractivity (Wildman–Crippen MR) is 72.4 cm³/mol. The van der Waals surface area contributed by atoms with E-state index in [1.165, 1.54) is 18.2 Å². The molecular formula is C12H15ClFNO3S. The Morgan fingerprint density at radius 3 is 2.68 bits per heavy atom. The lowest BCUT2D eigenvalue weighted by Crippen LogP contribution is -2.33. The lowest BCUT2D eigenvalue weighted by molar-refractivity contribution is -0.119. The third kappa shape index (κ3) is 5.26. The van der Waals surface area contributed by atoms with Crippen molar-refractivity contribution >= 4 is 27.2 Å². The van der Waals surface area contributed by atoms with E-state index < -0.39 is 21.7 Å². The Hall–Kier alpha value is -0.980. The van der Waals surface area contributed by atoms with Gasteiger partial charge in [-0.1, -0.05) is 23.7 Å². The number of carbonyl (C=O) groups excluding carboxylic acids is 1. The minimum Gasteiger partial charge on any atom is -0.321 e. The standard InChI is InChI=1S/C12H15ClFNO3S/c1-19(17,18)6-5-10(15)11(16)7-8-3-2-4-9(14)12(8)13/h2-4,10H,5-7,15H2,1H3. The summed E-state index contributed by atoms with van der Waals surface area (Å²) in [5.41, 5.74) is 5.96. The number of ketones is 1. The number of hydrogen-bond donors (Lipinski definition) is 1. The molecule has 0 spiro atoms. The van der Waals surface area contributed by atoms with E-state index in [0.29, 0.717) is 5.56 Å². The summed E-state index contributed by atoms with van der Waals surface area (Å²) in [6, 6.07) is 3.28. The maximum Gasteiger partial charge on any atom is 0.153 e. The van der Waals surface area contributed by atoms with Crippen molar-refractivity contribution in [3.05, 3.63) is 34.6 Å². The highest BCUT2D eigenvalue weighted by Crippen LogP contribution is 2.20. The molecular weight excluding hydrogens is 293 g/mol. The first-order chi connectivity index (χ1) is 8.70. The van der Waals surface area contributed by atoms with E-state index in [2.05, 4.69) is 0 Å². The summed E-state index contributed by atoms with van der Waals surface area (Å²) in [5.74, 6) is -1.12. The molecule has 0 saturated heterocycles. The summed E-state index contributed by atoms with van der Waals surface area (Å²) in [6.07, 6.45) is 1.01. The number of benzene rings is 1. The molecule has 1 atom stereocenters. The fraction of sp³-hybridized carbons (Fsp3) is 0.417. The van der Waals surface area contributed by atoms with Crippen molar-refractivity contribution in [1.82, 2.24) is 0 Å². The van der Waals surface area contributed by atoms with Crippen LogP contribution >= 0.6 is 11.6 Å². The normalized spacial score (nSPS) is 13.3. The summed E-state index contributed by atoms with van der Waals surface area (Å²) >= 11 is 5.73. The van der Waals surface area contributed by atoms with Crippen molar-refractivity contribution < 1.29 is 17.6 Å². The van der Waals surface area contributed by atoms with Crippen molar-refractivity contribution in [3.63, 3.8) is 0 Å². The second kappa shape index (κ2) is 6.45. The zero-order valence-electron chi connectivity index (χ0n) is 10.4. The van der Waals surface area contributed by atoms with Crippen LogP contribution in [-0.2, 0) is 21.1 Å². The molecule has 2 N–H and O–H groups in total. The van der Waals surface area contributed by atoms with Crippen LogP contribution in [0.15, 0.2) is 18.2 Å². The molecule has 1 unspecified atom stereocenters. The number of rotatable bonds is 6. The van der Waals surface area contributed by atoms with Crippen molar-refractivity contribution in [3.8, 4) is 0 Å². The third-order valence-corrected chi connectivity index (χ3v) is 4.01. The second-order valence-corrected chi connectivity index (χ2v) is 7.02. The monoisotopic (exact) mass is 307 g/mol. The van der Waals surface area contributed by atoms with Crippen LogP contribution in [0.2, 0.25) is 5.02 Å². The average molecular weight is 308 g/mol. The van der Waals surface area contributed by atoms with Crippen LogP contribution < -0.4 is 5.73 Å². The smallest absolute Gasteiger partial charge is 0.153 e. The van der Waals surface area contributed by atoms with Gasteiger partial charge in [-0.15, -0.1) is 0 Å². The molecule has 0 fully saturated rings. The van der Waals surface area contributed by atoms with Gasteiger partial charge in [-0.25, -0.2) is 12.8 Å². The molecule has 106 valence electrons. The van der Waals surface area contributed by atoms with Gasteiger partial charge in [0.1, 0.15) is 15.7 Å². The first-order valence-electron chi connectivity index (χ1n) is 5.59. The molecule has 0 aliphatic carbocycles. The Bertz CT molecular complexity index is 574. The molecule has 1 aromatic rings. The average Bonchev–Trinajstić information content (AvgIpc) is 2.31. The van der Waals surface area contributed by atoms with E-state index in [0.717, 1.165) is 6.26 Å². The molecule has 0 aliphatic heterocycles. The molecule has 0 radical (unpaired) electrons. The summed E-state index contributed by atoms with van der Waals surface area (Å²) in [5, 5.41) is -0.105. The first-order valence-corrected chi connectivity index (χ1v) is 8.03. The van der Waals surface area contributed by atoms with Crippen molar-refractivity contribution in [2.45, 2.75) is 18.9 Å². The molecule has 0 amide bonds. The molecule has 1 rings (SSSR count). The fourth-order valence-electron chi connectivity index (χ4n) is 1.51. The Balaban J connectivity index is 2.67. The molecule has 4 nitrogen and oxygen atoms in total. The molecule has 7 heteroatoms. The van der Waals surface area contributed by atoms with E-state index in [1.54, 1.807) is 0 Å². The van der Waals surface area contributed by atoms with E-state index in [4.69, 9.17) is 17.3 Å². The summed E-state index contributed by atoms with van der Waals surface area (Å²) < 4.78 is 35.1. The van der Waals surface area contributed by atoms with Crippen LogP contribution in [0, 0.1) is 5.82 Å². The Morgan fingerprint density at radius 2 is 2.11 bits per heavy atom. The van der Waals surface area contributed by atoms with Gasteiger partial charge < -0.3 is 5.73 Å². The van der Waals surface area contributed by atoms with E-state index >= 15 is 0 Å². The second-order valence-electron chi connectivity index (χ2n) is 4.38. The van der Waals surface area contributed by atoms with Gasteiger partial charge in [0.05, 0.1) is 16.8 Å². The maximum atomic E-state index is 13.2. The van der Waals surface area contributed by atoms with Crippen LogP contribution in [0.5, 0.6) is 0 Å². The van der Waals surface area contributed by atoms with Gasteiger partial charge in [-0.2, -0.15) is 0 Å². The molecule has 19 heavy (non-hydrogen) atoms. The number of carbonyl (C=O) groups is 1. The lowest BCUT2D eigenvalue weighted by atomic mass is 10.0. The van der Waals surface area contributed by atoms with Crippen molar-refractivity contribution in [2.24, 2.45) is 5.73 Å². The summed E-state index contributed by atoms with van der Waals surface area (Å²) in [6.45, 7) is 0. The zero-order valence-corrected chi connectivity index (χ0v) is 12.0. The van der Waals surface area contributed by atoms with Crippen LogP contribution in [0.1, 0.15) is 12.0 Å². The summed E-state index contributed by atoms with van der Waals surface area (Å²) in [7, 11) is -3.16. The third-order valence-electron chi connectivity index (χ3n) is 2.61. The van der Waals surface area contributed by atoms with Gasteiger partial charge in [0.25, 0.3) is 0 Å². The van der Waals surface area contributed by atoms with Crippen LogP contribution in [0.3, 0.4) is 0 Å². The van der Waals surface area contributed by atoms with Crippen molar-refractivity contribution in [1.29, 1.82) is 0 Å². The van der Waals surface area contributed by atoms with Crippen molar-refractivity contribution in [2.75, 3.05) is 12.0 Å². The minimum atomic E-state index is -3.16. The lowest BCUT2D eigenvalue weighted by Gasteiger charge is -2.10. The van der Waals surface area contributed by atoms with Gasteiger partial charge in [-0.3, -0.25) is 4.79 Å². The fourth-order valence-corrected chi connectivity index (χ4v) is 2.38. The maximum absolute atomic E-state index is 13.2. The topological polar surface area (TPSA) is 77.2 Å². The SMILES string of the molecule is CS(=O)(=O)CCC(N)C(=O)Cc1cccc(F)c1Cl. The highest BCUT2D eigenvalue weighted by Gasteiger charge is 2.18. The van der Waals surface area contributed by atoms with E-state index in [9.17, 15) is 17.6 Å². The molecule has 0 bridgehead atoms. The molecule has 0 aliphatic rings. The summed E-state index contributed by atoms with van der Waals surface area (Å²) in [4.78, 5) is 11.8. The number of sulfone groups is 1. The van der Waals surface area contributed by atoms with Gasteiger partial charge in [0.15, 0.2) is 5.78 Å². The number of nitrogens with two attached hydrogens (primary N) is 1. The van der Waals surface area contributed by atoms with Gasteiger partial charge in [-0.05, 0) is 18.1 Å². The highest BCUT2D eigenvalue weighted by molar-refractivity contribution is 7.90. The minimum absolute atomic E-state index is 0.0462. The van der Waals surface area contributed by atoms with Gasteiger partial charge in [0, 0.05) is 12.7 Å². The van der Waals surface area contributed by atoms with Crippen LogP contribution in [0.4, 0.5) is 4.39 Å². The number of hydrogen-bond acceptors (Lipinski definition) is 4. The first kappa shape index (κ1) is 16.1.